The van der Waals surface area contributed by atoms with E-state index >= 15 is 0 Å². The highest BCUT2D eigenvalue weighted by Gasteiger charge is 2.42. The van der Waals surface area contributed by atoms with Gasteiger partial charge in [0.25, 0.3) is 0 Å². The lowest BCUT2D eigenvalue weighted by Crippen LogP contribution is -2.57. The second-order valence-corrected chi connectivity index (χ2v) is 4.28. The maximum absolute atomic E-state index is 9.67. The van der Waals surface area contributed by atoms with Gasteiger partial charge in [0, 0.05) is 0 Å². The van der Waals surface area contributed by atoms with Crippen LogP contribution in [-0.2, 0) is 9.47 Å². The molecule has 0 aromatic carbocycles. The molecule has 0 radical (unpaired) electrons. The molecule has 0 aliphatic carbocycles. The van der Waals surface area contributed by atoms with Crippen LogP contribution < -0.4 is 0 Å². The smallest absolute Gasteiger partial charge is 0.186 e. The summed E-state index contributed by atoms with van der Waals surface area (Å²) in [7, 11) is 0. The molecule has 1 aliphatic rings. The lowest BCUT2D eigenvalue weighted by atomic mass is 10.0. The van der Waals surface area contributed by atoms with E-state index in [9.17, 15) is 15.3 Å². The minimum absolute atomic E-state index is 0.269. The minimum Gasteiger partial charge on any atom is -0.388 e. The number of hydrogen-bond acceptors (Lipinski definition) is 5. The zero-order valence-electron chi connectivity index (χ0n) is 10.8. The summed E-state index contributed by atoms with van der Waals surface area (Å²) < 4.78 is 10.6. The number of aliphatic hydroxyl groups excluding tert-OH is 3. The second kappa shape index (κ2) is 7.66. The van der Waals surface area contributed by atoms with Crippen molar-refractivity contribution in [1.29, 1.82) is 0 Å². The SMILES string of the molecule is CC/C=C\C=C\CO[C@H]1O[C@@H](C)[C@H](O)[C@@H](O)[C@H]1O. The van der Waals surface area contributed by atoms with Crippen LogP contribution in [-0.4, -0.2) is 52.6 Å². The fourth-order valence-electron chi connectivity index (χ4n) is 1.65. The van der Waals surface area contributed by atoms with E-state index in [0.717, 1.165) is 6.42 Å². The summed E-state index contributed by atoms with van der Waals surface area (Å²) in [5, 5.41) is 28.7. The molecule has 0 aromatic rings. The van der Waals surface area contributed by atoms with Crippen LogP contribution in [0.25, 0.3) is 0 Å². The van der Waals surface area contributed by atoms with Gasteiger partial charge in [-0.05, 0) is 13.3 Å². The normalized spacial score (nSPS) is 37.7. The first-order valence-electron chi connectivity index (χ1n) is 6.20. The molecular formula is C13H22O5. The van der Waals surface area contributed by atoms with E-state index in [0.29, 0.717) is 0 Å². The summed E-state index contributed by atoms with van der Waals surface area (Å²) >= 11 is 0. The van der Waals surface area contributed by atoms with Crippen LogP contribution in [0.15, 0.2) is 24.3 Å². The van der Waals surface area contributed by atoms with E-state index in [1.54, 1.807) is 13.0 Å². The van der Waals surface area contributed by atoms with Crippen LogP contribution >= 0.6 is 0 Å². The van der Waals surface area contributed by atoms with Crippen molar-refractivity contribution >= 4 is 0 Å². The van der Waals surface area contributed by atoms with Crippen molar-refractivity contribution in [2.24, 2.45) is 0 Å². The monoisotopic (exact) mass is 258 g/mol. The average molecular weight is 258 g/mol. The molecule has 1 heterocycles. The summed E-state index contributed by atoms with van der Waals surface area (Å²) in [6.45, 7) is 3.93. The Hall–Kier alpha value is -0.720. The van der Waals surface area contributed by atoms with Crippen molar-refractivity contribution in [2.75, 3.05) is 6.61 Å². The Morgan fingerprint density at radius 2 is 1.72 bits per heavy atom. The molecule has 0 amide bonds. The van der Waals surface area contributed by atoms with Crippen molar-refractivity contribution in [3.8, 4) is 0 Å². The van der Waals surface area contributed by atoms with Gasteiger partial charge >= 0.3 is 0 Å². The van der Waals surface area contributed by atoms with Gasteiger partial charge < -0.3 is 24.8 Å². The van der Waals surface area contributed by atoms with Gasteiger partial charge in [0.1, 0.15) is 18.3 Å². The molecule has 5 atom stereocenters. The van der Waals surface area contributed by atoms with E-state index in [1.165, 1.54) is 0 Å². The van der Waals surface area contributed by atoms with Crippen molar-refractivity contribution in [3.05, 3.63) is 24.3 Å². The zero-order valence-corrected chi connectivity index (χ0v) is 10.8. The molecule has 0 aromatic heterocycles. The molecule has 3 N–H and O–H groups in total. The van der Waals surface area contributed by atoms with Gasteiger partial charge in [0.15, 0.2) is 6.29 Å². The standard InChI is InChI=1S/C13H22O5/c1-3-4-5-6-7-8-17-13-12(16)11(15)10(14)9(2)18-13/h4-7,9-16H,3,8H2,1-2H3/b5-4-,7-6+/t9-,10-,11+,12+,13-/m0/s1. The summed E-state index contributed by atoms with van der Waals surface area (Å²) in [5.74, 6) is 0. The second-order valence-electron chi connectivity index (χ2n) is 4.28. The molecule has 0 saturated carbocycles. The lowest BCUT2D eigenvalue weighted by Gasteiger charge is -2.38. The number of allylic oxidation sites excluding steroid dienone is 3. The van der Waals surface area contributed by atoms with E-state index in [2.05, 4.69) is 0 Å². The fourth-order valence-corrected chi connectivity index (χ4v) is 1.65. The Morgan fingerprint density at radius 1 is 1.06 bits per heavy atom. The minimum atomic E-state index is -1.25. The first-order chi connectivity index (χ1) is 8.57. The van der Waals surface area contributed by atoms with Crippen LogP contribution in [0.2, 0.25) is 0 Å². The molecule has 1 aliphatic heterocycles. The van der Waals surface area contributed by atoms with Crippen molar-refractivity contribution in [3.63, 3.8) is 0 Å². The number of ether oxygens (including phenoxy) is 2. The predicted octanol–water partition coefficient (Wildman–Crippen LogP) is 0.353. The van der Waals surface area contributed by atoms with E-state index < -0.39 is 30.7 Å². The first-order valence-corrected chi connectivity index (χ1v) is 6.20. The Balaban J connectivity index is 2.37. The van der Waals surface area contributed by atoms with Crippen LogP contribution in [0.5, 0.6) is 0 Å². The molecule has 18 heavy (non-hydrogen) atoms. The Bertz CT molecular complexity index is 289. The Labute approximate surface area is 107 Å². The average Bonchev–Trinajstić information content (AvgIpc) is 2.37. The summed E-state index contributed by atoms with van der Waals surface area (Å²) in [5.41, 5.74) is 0. The third kappa shape index (κ3) is 4.19. The Morgan fingerprint density at radius 3 is 2.39 bits per heavy atom. The highest BCUT2D eigenvalue weighted by atomic mass is 16.7. The van der Waals surface area contributed by atoms with Gasteiger partial charge in [0.05, 0.1) is 12.7 Å². The molecule has 0 unspecified atom stereocenters. The first kappa shape index (κ1) is 15.3. The zero-order chi connectivity index (χ0) is 13.5. The maximum Gasteiger partial charge on any atom is 0.186 e. The van der Waals surface area contributed by atoms with Crippen LogP contribution in [0, 0.1) is 0 Å². The maximum atomic E-state index is 9.67. The van der Waals surface area contributed by atoms with Gasteiger partial charge in [-0.1, -0.05) is 31.2 Å². The van der Waals surface area contributed by atoms with Gasteiger partial charge in [0.2, 0.25) is 0 Å². The predicted molar refractivity (Wildman–Crippen MR) is 66.9 cm³/mol. The Kier molecular flexibility index (Phi) is 6.52. The van der Waals surface area contributed by atoms with E-state index in [1.807, 2.05) is 25.2 Å². The number of aliphatic hydroxyl groups is 3. The highest BCUT2D eigenvalue weighted by Crippen LogP contribution is 2.21. The quantitative estimate of drug-likeness (QED) is 0.620. The number of rotatable bonds is 5. The van der Waals surface area contributed by atoms with Gasteiger partial charge in [-0.3, -0.25) is 0 Å². The van der Waals surface area contributed by atoms with Crippen LogP contribution in [0.1, 0.15) is 20.3 Å². The molecule has 1 fully saturated rings. The van der Waals surface area contributed by atoms with E-state index in [-0.39, 0.29) is 6.61 Å². The summed E-state index contributed by atoms with van der Waals surface area (Å²) in [4.78, 5) is 0. The molecule has 0 bridgehead atoms. The van der Waals surface area contributed by atoms with Crippen LogP contribution in [0.4, 0.5) is 0 Å². The highest BCUT2D eigenvalue weighted by molar-refractivity contribution is 5.02. The molecule has 104 valence electrons. The van der Waals surface area contributed by atoms with Crippen molar-refractivity contribution in [2.45, 2.75) is 51.0 Å². The molecule has 1 rings (SSSR count). The van der Waals surface area contributed by atoms with Gasteiger partial charge in [-0.2, -0.15) is 0 Å². The largest absolute Gasteiger partial charge is 0.388 e. The van der Waals surface area contributed by atoms with Crippen LogP contribution in [0.3, 0.4) is 0 Å². The molecule has 5 heteroatoms. The van der Waals surface area contributed by atoms with E-state index in [4.69, 9.17) is 9.47 Å². The van der Waals surface area contributed by atoms with Gasteiger partial charge in [-0.25, -0.2) is 0 Å². The lowest BCUT2D eigenvalue weighted by molar-refractivity contribution is -0.290. The van der Waals surface area contributed by atoms with Gasteiger partial charge in [-0.15, -0.1) is 0 Å². The number of hydrogen-bond donors (Lipinski definition) is 3. The third-order valence-corrected chi connectivity index (χ3v) is 2.78. The topological polar surface area (TPSA) is 79.2 Å². The molecular weight excluding hydrogens is 236 g/mol. The molecule has 1 saturated heterocycles. The third-order valence-electron chi connectivity index (χ3n) is 2.78. The molecule has 0 spiro atoms. The van der Waals surface area contributed by atoms with Crippen molar-refractivity contribution < 1.29 is 24.8 Å². The summed E-state index contributed by atoms with van der Waals surface area (Å²) in [6, 6.07) is 0. The summed E-state index contributed by atoms with van der Waals surface area (Å²) in [6.07, 6.45) is 3.43. The fraction of sp³-hybridized carbons (Fsp3) is 0.692. The van der Waals surface area contributed by atoms with Crippen molar-refractivity contribution in [1.82, 2.24) is 0 Å². The molecule has 5 nitrogen and oxygen atoms in total.